The summed E-state index contributed by atoms with van der Waals surface area (Å²) in [6.45, 7) is 0. The molecule has 0 heterocycles. The number of allylic oxidation sites excluding steroid dienone is 2. The van der Waals surface area contributed by atoms with E-state index in [9.17, 15) is 4.79 Å². The number of anilines is 1. The highest BCUT2D eigenvalue weighted by atomic mass is 16.1. The van der Waals surface area contributed by atoms with Crippen molar-refractivity contribution in [2.24, 2.45) is 0 Å². The minimum atomic E-state index is -0.0392. The second-order valence-corrected chi connectivity index (χ2v) is 4.77. The van der Waals surface area contributed by atoms with E-state index in [0.29, 0.717) is 5.56 Å². The summed E-state index contributed by atoms with van der Waals surface area (Å²) in [6.07, 6.45) is 3.09. The maximum absolute atomic E-state index is 12.0. The van der Waals surface area contributed by atoms with Crippen molar-refractivity contribution >= 4 is 11.5 Å². The maximum Gasteiger partial charge on any atom is 0.186 e. The molecule has 0 aliphatic rings. The van der Waals surface area contributed by atoms with Gasteiger partial charge in [-0.3, -0.25) is 4.79 Å². The fourth-order valence-electron chi connectivity index (χ4n) is 1.78. The molecule has 104 valence electrons. The van der Waals surface area contributed by atoms with Gasteiger partial charge in [0, 0.05) is 30.9 Å². The Morgan fingerprint density at radius 2 is 1.67 bits per heavy atom. The van der Waals surface area contributed by atoms with Crippen molar-refractivity contribution in [3.8, 4) is 11.8 Å². The van der Waals surface area contributed by atoms with Crippen LogP contribution in [-0.2, 0) is 0 Å². The topological polar surface area (TPSA) is 20.3 Å². The van der Waals surface area contributed by atoms with Crippen molar-refractivity contribution in [1.82, 2.24) is 0 Å². The quantitative estimate of drug-likeness (QED) is 0.485. The summed E-state index contributed by atoms with van der Waals surface area (Å²) < 4.78 is 0. The van der Waals surface area contributed by atoms with Gasteiger partial charge in [0.25, 0.3) is 0 Å². The molecule has 0 bridgehead atoms. The Hall–Kier alpha value is -2.79. The Morgan fingerprint density at radius 1 is 1.00 bits per heavy atom. The van der Waals surface area contributed by atoms with Crippen molar-refractivity contribution in [2.45, 2.75) is 0 Å². The smallest absolute Gasteiger partial charge is 0.186 e. The highest BCUT2D eigenvalue weighted by Crippen LogP contribution is 2.12. The normalized spacial score (nSPS) is 10.0. The first-order chi connectivity index (χ1) is 10.2. The SMILES string of the molecule is CN(C)c1ccc(C(=O)C=CC#Cc2ccccc2)cc1. The Morgan fingerprint density at radius 3 is 2.29 bits per heavy atom. The lowest BCUT2D eigenvalue weighted by atomic mass is 10.1. The zero-order chi connectivity index (χ0) is 15.1. The molecule has 2 aromatic carbocycles. The first-order valence-corrected chi connectivity index (χ1v) is 6.71. The van der Waals surface area contributed by atoms with E-state index < -0.39 is 0 Å². The van der Waals surface area contributed by atoms with E-state index in [1.165, 1.54) is 6.08 Å². The fourth-order valence-corrected chi connectivity index (χ4v) is 1.78. The van der Waals surface area contributed by atoms with Crippen LogP contribution in [0.4, 0.5) is 5.69 Å². The third-order valence-corrected chi connectivity index (χ3v) is 2.98. The van der Waals surface area contributed by atoms with Crippen LogP contribution in [0.1, 0.15) is 15.9 Å². The Balaban J connectivity index is 2.01. The molecular formula is C19H17NO. The van der Waals surface area contributed by atoms with Gasteiger partial charge in [-0.2, -0.15) is 0 Å². The second-order valence-electron chi connectivity index (χ2n) is 4.77. The third-order valence-electron chi connectivity index (χ3n) is 2.98. The summed E-state index contributed by atoms with van der Waals surface area (Å²) >= 11 is 0. The second kappa shape index (κ2) is 7.12. The maximum atomic E-state index is 12.0. The van der Waals surface area contributed by atoms with Gasteiger partial charge in [-0.25, -0.2) is 0 Å². The molecule has 0 atom stereocenters. The first kappa shape index (κ1) is 14.6. The van der Waals surface area contributed by atoms with Gasteiger partial charge >= 0.3 is 0 Å². The van der Waals surface area contributed by atoms with Crippen LogP contribution >= 0.6 is 0 Å². The summed E-state index contributed by atoms with van der Waals surface area (Å²) in [5, 5.41) is 0. The lowest BCUT2D eigenvalue weighted by Crippen LogP contribution is -2.08. The minimum Gasteiger partial charge on any atom is -0.378 e. The molecule has 2 aromatic rings. The molecule has 2 rings (SSSR count). The van der Waals surface area contributed by atoms with Crippen molar-refractivity contribution in [3.05, 3.63) is 77.9 Å². The van der Waals surface area contributed by atoms with Crippen LogP contribution in [0.25, 0.3) is 0 Å². The van der Waals surface area contributed by atoms with E-state index in [1.54, 1.807) is 6.08 Å². The Bertz CT molecular complexity index is 686. The molecule has 0 saturated heterocycles. The molecule has 0 spiro atoms. The largest absolute Gasteiger partial charge is 0.378 e. The number of rotatable bonds is 3. The van der Waals surface area contributed by atoms with Crippen LogP contribution in [0.2, 0.25) is 0 Å². The van der Waals surface area contributed by atoms with E-state index in [-0.39, 0.29) is 5.78 Å². The van der Waals surface area contributed by atoms with E-state index in [4.69, 9.17) is 0 Å². The van der Waals surface area contributed by atoms with Crippen LogP contribution < -0.4 is 4.90 Å². The van der Waals surface area contributed by atoms with Gasteiger partial charge in [-0.05, 0) is 48.6 Å². The zero-order valence-electron chi connectivity index (χ0n) is 12.2. The van der Waals surface area contributed by atoms with Crippen LogP contribution in [-0.4, -0.2) is 19.9 Å². The van der Waals surface area contributed by atoms with Gasteiger partial charge in [0.05, 0.1) is 0 Å². The molecule has 0 fully saturated rings. The van der Waals surface area contributed by atoms with Gasteiger partial charge < -0.3 is 4.90 Å². The van der Waals surface area contributed by atoms with E-state index >= 15 is 0 Å². The number of ketones is 1. The molecule has 0 unspecified atom stereocenters. The lowest BCUT2D eigenvalue weighted by Gasteiger charge is -2.11. The number of carbonyl (C=O) groups excluding carboxylic acids is 1. The predicted molar refractivity (Wildman–Crippen MR) is 87.6 cm³/mol. The van der Waals surface area contributed by atoms with Gasteiger partial charge in [-0.1, -0.05) is 30.0 Å². The summed E-state index contributed by atoms with van der Waals surface area (Å²) in [7, 11) is 3.94. The molecule has 2 nitrogen and oxygen atoms in total. The minimum absolute atomic E-state index is 0.0392. The number of hydrogen-bond acceptors (Lipinski definition) is 2. The van der Waals surface area contributed by atoms with E-state index in [1.807, 2.05) is 73.6 Å². The molecule has 0 aromatic heterocycles. The predicted octanol–water partition coefficient (Wildman–Crippen LogP) is 3.54. The fraction of sp³-hybridized carbons (Fsp3) is 0.105. The molecule has 0 aliphatic heterocycles. The molecular weight excluding hydrogens is 258 g/mol. The van der Waals surface area contributed by atoms with Crippen LogP contribution in [0.5, 0.6) is 0 Å². The van der Waals surface area contributed by atoms with Crippen molar-refractivity contribution in [3.63, 3.8) is 0 Å². The highest BCUT2D eigenvalue weighted by Gasteiger charge is 2.01. The average Bonchev–Trinajstić information content (AvgIpc) is 2.52. The molecule has 21 heavy (non-hydrogen) atoms. The number of carbonyl (C=O) groups is 1. The Labute approximate surface area is 125 Å². The standard InChI is InChI=1S/C19H17NO/c1-20(2)18-14-12-17(13-15-18)19(21)11-7-6-10-16-8-4-3-5-9-16/h3-5,7-9,11-15H,1-2H3. The summed E-state index contributed by atoms with van der Waals surface area (Å²) in [5.74, 6) is 5.81. The van der Waals surface area contributed by atoms with Crippen LogP contribution in [0, 0.1) is 11.8 Å². The third kappa shape index (κ3) is 4.36. The molecule has 0 N–H and O–H groups in total. The molecule has 0 amide bonds. The summed E-state index contributed by atoms with van der Waals surface area (Å²) in [5.41, 5.74) is 2.67. The van der Waals surface area contributed by atoms with Crippen molar-refractivity contribution in [2.75, 3.05) is 19.0 Å². The average molecular weight is 275 g/mol. The van der Waals surface area contributed by atoms with E-state index in [2.05, 4.69) is 11.8 Å². The monoisotopic (exact) mass is 275 g/mol. The highest BCUT2D eigenvalue weighted by molar-refractivity contribution is 6.04. The number of benzene rings is 2. The van der Waals surface area contributed by atoms with Crippen LogP contribution in [0.15, 0.2) is 66.7 Å². The summed E-state index contributed by atoms with van der Waals surface area (Å²) in [4.78, 5) is 14.0. The van der Waals surface area contributed by atoms with Crippen molar-refractivity contribution in [1.29, 1.82) is 0 Å². The number of nitrogens with zero attached hydrogens (tertiary/aromatic N) is 1. The van der Waals surface area contributed by atoms with Gasteiger partial charge in [0.2, 0.25) is 0 Å². The zero-order valence-corrected chi connectivity index (χ0v) is 12.2. The lowest BCUT2D eigenvalue weighted by molar-refractivity contribution is 0.104. The molecule has 0 aliphatic carbocycles. The van der Waals surface area contributed by atoms with Gasteiger partial charge in [-0.15, -0.1) is 0 Å². The molecule has 2 heteroatoms. The molecule has 0 radical (unpaired) electrons. The number of hydrogen-bond donors (Lipinski definition) is 0. The van der Waals surface area contributed by atoms with Gasteiger partial charge in [0.1, 0.15) is 0 Å². The van der Waals surface area contributed by atoms with Crippen LogP contribution in [0.3, 0.4) is 0 Å². The molecule has 0 saturated carbocycles. The first-order valence-electron chi connectivity index (χ1n) is 6.71. The summed E-state index contributed by atoms with van der Waals surface area (Å²) in [6, 6.07) is 17.2. The van der Waals surface area contributed by atoms with Gasteiger partial charge in [0.15, 0.2) is 5.78 Å². The van der Waals surface area contributed by atoms with E-state index in [0.717, 1.165) is 11.3 Å². The Kier molecular flexibility index (Phi) is 4.95. The van der Waals surface area contributed by atoms with Crippen molar-refractivity contribution < 1.29 is 4.79 Å².